The van der Waals surface area contributed by atoms with Gasteiger partial charge < -0.3 is 9.84 Å². The lowest BCUT2D eigenvalue weighted by Gasteiger charge is -2.12. The molecule has 0 spiro atoms. The first kappa shape index (κ1) is 18.3. The normalized spacial score (nSPS) is 14.7. The molecule has 1 heterocycles. The summed E-state index contributed by atoms with van der Waals surface area (Å²) in [5.74, 6) is -0.320. The van der Waals surface area contributed by atoms with Crippen molar-refractivity contribution in [3.63, 3.8) is 0 Å². The zero-order chi connectivity index (χ0) is 19.8. The van der Waals surface area contributed by atoms with Gasteiger partial charge in [0, 0.05) is 24.2 Å². The Hall–Kier alpha value is -3.47. The number of phenols is 1. The predicted octanol–water partition coefficient (Wildman–Crippen LogP) is 1.72. The van der Waals surface area contributed by atoms with Crippen LogP contribution in [0.15, 0.2) is 50.8 Å². The molecule has 10 nitrogen and oxygen atoms in total. The first-order valence-corrected chi connectivity index (χ1v) is 8.96. The summed E-state index contributed by atoms with van der Waals surface area (Å²) < 4.78 is 32.8. The van der Waals surface area contributed by atoms with Crippen molar-refractivity contribution in [2.75, 3.05) is 14.2 Å². The molecular weight excluding hydrogens is 376 g/mol. The van der Waals surface area contributed by atoms with E-state index in [4.69, 9.17) is 4.74 Å². The Morgan fingerprint density at radius 1 is 1.33 bits per heavy atom. The number of nitro benzene ring substituents is 1. The summed E-state index contributed by atoms with van der Waals surface area (Å²) in [6.45, 7) is 0. The second kappa shape index (κ2) is 6.68. The topological polar surface area (TPSA) is 135 Å². The number of rotatable bonds is 4. The molecule has 0 radical (unpaired) electrons. The van der Waals surface area contributed by atoms with Crippen LogP contribution in [0.25, 0.3) is 0 Å². The number of benzene rings is 2. The molecular formula is C16H14N4O6S. The largest absolute Gasteiger partial charge is 0.504 e. The fraction of sp³-hybridized carbons (Fsp3) is 0.125. The van der Waals surface area contributed by atoms with Gasteiger partial charge in [0.15, 0.2) is 17.3 Å². The molecule has 27 heavy (non-hydrogen) atoms. The number of nitro groups is 1. The monoisotopic (exact) mass is 390 g/mol. The standard InChI is InChI=1S/C16H14N4O6S/c1-19(16-12-5-3-4-6-14(12)27(24,25)18-16)17-9-10-7-11(20(22)23)8-13(26-2)15(10)21/h3-9,21H,1-2H3. The first-order chi connectivity index (χ1) is 12.7. The van der Waals surface area contributed by atoms with E-state index in [9.17, 15) is 23.6 Å². The van der Waals surface area contributed by atoms with E-state index in [1.807, 2.05) is 0 Å². The van der Waals surface area contributed by atoms with Gasteiger partial charge in [0.1, 0.15) is 4.90 Å². The molecule has 0 amide bonds. The van der Waals surface area contributed by atoms with Crippen LogP contribution in [0.3, 0.4) is 0 Å². The van der Waals surface area contributed by atoms with E-state index in [1.54, 1.807) is 18.2 Å². The number of sulfonamides is 1. The Morgan fingerprint density at radius 3 is 2.70 bits per heavy atom. The molecule has 140 valence electrons. The maximum Gasteiger partial charge on any atom is 0.285 e. The van der Waals surface area contributed by atoms with E-state index < -0.39 is 14.9 Å². The molecule has 2 aromatic rings. The van der Waals surface area contributed by atoms with Crippen molar-refractivity contribution in [1.82, 2.24) is 5.01 Å². The number of hydrazone groups is 1. The van der Waals surface area contributed by atoms with Crippen LogP contribution in [0.4, 0.5) is 5.69 Å². The molecule has 0 aliphatic carbocycles. The smallest absolute Gasteiger partial charge is 0.285 e. The van der Waals surface area contributed by atoms with Crippen molar-refractivity contribution >= 4 is 27.8 Å². The number of amidine groups is 1. The minimum Gasteiger partial charge on any atom is -0.504 e. The summed E-state index contributed by atoms with van der Waals surface area (Å²) in [7, 11) is -1.07. The first-order valence-electron chi connectivity index (χ1n) is 7.52. The molecule has 0 saturated heterocycles. The lowest BCUT2D eigenvalue weighted by atomic mass is 10.1. The van der Waals surface area contributed by atoms with E-state index in [1.165, 1.54) is 25.2 Å². The van der Waals surface area contributed by atoms with Crippen LogP contribution in [0.5, 0.6) is 11.5 Å². The third-order valence-corrected chi connectivity index (χ3v) is 5.13. The summed E-state index contributed by atoms with van der Waals surface area (Å²) in [6.07, 6.45) is 1.15. The van der Waals surface area contributed by atoms with Crippen LogP contribution in [0.2, 0.25) is 0 Å². The maximum atomic E-state index is 12.1. The molecule has 0 aromatic heterocycles. The lowest BCUT2D eigenvalue weighted by Crippen LogP contribution is -2.21. The maximum absolute atomic E-state index is 12.1. The molecule has 1 N–H and O–H groups in total. The molecule has 0 bridgehead atoms. The van der Waals surface area contributed by atoms with Gasteiger partial charge in [0.2, 0.25) is 0 Å². The summed E-state index contributed by atoms with van der Waals surface area (Å²) in [5, 5.41) is 26.4. The van der Waals surface area contributed by atoms with E-state index in [-0.39, 0.29) is 33.5 Å². The molecule has 0 saturated carbocycles. The number of aromatic hydroxyl groups is 1. The van der Waals surface area contributed by atoms with Crippen molar-refractivity contribution in [3.8, 4) is 11.5 Å². The Balaban J connectivity index is 1.98. The van der Waals surface area contributed by atoms with Gasteiger partial charge in [-0.15, -0.1) is 4.40 Å². The Kier molecular flexibility index (Phi) is 4.54. The summed E-state index contributed by atoms with van der Waals surface area (Å²) in [4.78, 5) is 10.5. The van der Waals surface area contributed by atoms with Gasteiger partial charge in [-0.2, -0.15) is 13.5 Å². The number of hydrogen-bond donors (Lipinski definition) is 1. The highest BCUT2D eigenvalue weighted by atomic mass is 32.2. The van der Waals surface area contributed by atoms with Crippen molar-refractivity contribution in [3.05, 3.63) is 57.6 Å². The Morgan fingerprint density at radius 2 is 2.04 bits per heavy atom. The van der Waals surface area contributed by atoms with Gasteiger partial charge in [-0.3, -0.25) is 10.1 Å². The molecule has 2 aromatic carbocycles. The van der Waals surface area contributed by atoms with Crippen molar-refractivity contribution < 1.29 is 23.2 Å². The second-order valence-electron chi connectivity index (χ2n) is 5.50. The summed E-state index contributed by atoms with van der Waals surface area (Å²) in [6, 6.07) is 8.50. The molecule has 1 aliphatic heterocycles. The van der Waals surface area contributed by atoms with Crippen LogP contribution in [0.1, 0.15) is 11.1 Å². The Labute approximate surface area is 154 Å². The fourth-order valence-electron chi connectivity index (χ4n) is 2.50. The number of hydrogen-bond acceptors (Lipinski definition) is 8. The highest BCUT2D eigenvalue weighted by Gasteiger charge is 2.30. The second-order valence-corrected chi connectivity index (χ2v) is 7.07. The number of fused-ring (bicyclic) bond motifs is 1. The molecule has 0 atom stereocenters. The SMILES string of the molecule is COc1cc([N+](=O)[O-])cc(C=NN(C)C2=NS(=O)(=O)c3ccccc32)c1O. The van der Waals surface area contributed by atoms with Crippen molar-refractivity contribution in [2.24, 2.45) is 9.50 Å². The number of phenolic OH excluding ortho intramolecular Hbond substituents is 1. The van der Waals surface area contributed by atoms with Gasteiger partial charge in [-0.1, -0.05) is 12.1 Å². The van der Waals surface area contributed by atoms with E-state index in [0.717, 1.165) is 18.3 Å². The van der Waals surface area contributed by atoms with Crippen LogP contribution >= 0.6 is 0 Å². The van der Waals surface area contributed by atoms with Gasteiger partial charge in [0.25, 0.3) is 15.7 Å². The highest BCUT2D eigenvalue weighted by Crippen LogP contribution is 2.33. The van der Waals surface area contributed by atoms with Gasteiger partial charge in [0.05, 0.1) is 24.3 Å². The molecule has 0 unspecified atom stereocenters. The fourth-order valence-corrected chi connectivity index (χ4v) is 3.73. The zero-order valence-electron chi connectivity index (χ0n) is 14.2. The third-order valence-electron chi connectivity index (χ3n) is 3.81. The van der Waals surface area contributed by atoms with Crippen LogP contribution in [0, 0.1) is 10.1 Å². The zero-order valence-corrected chi connectivity index (χ0v) is 15.0. The summed E-state index contributed by atoms with van der Waals surface area (Å²) >= 11 is 0. The van der Waals surface area contributed by atoms with E-state index >= 15 is 0 Å². The molecule has 0 fully saturated rings. The highest BCUT2D eigenvalue weighted by molar-refractivity contribution is 7.90. The van der Waals surface area contributed by atoms with Crippen LogP contribution in [-0.4, -0.2) is 49.7 Å². The summed E-state index contributed by atoms with van der Waals surface area (Å²) in [5.41, 5.74) is 0.125. The number of nitrogens with zero attached hydrogens (tertiary/aromatic N) is 4. The average Bonchev–Trinajstić information content (AvgIpc) is 2.92. The van der Waals surface area contributed by atoms with Gasteiger partial charge >= 0.3 is 0 Å². The quantitative estimate of drug-likeness (QED) is 0.477. The van der Waals surface area contributed by atoms with Crippen molar-refractivity contribution in [2.45, 2.75) is 4.90 Å². The third kappa shape index (κ3) is 3.31. The van der Waals surface area contributed by atoms with Crippen LogP contribution in [-0.2, 0) is 10.0 Å². The minimum atomic E-state index is -3.81. The number of ether oxygens (including phenoxy) is 1. The molecule has 11 heteroatoms. The molecule has 3 rings (SSSR count). The lowest BCUT2D eigenvalue weighted by molar-refractivity contribution is -0.385. The average molecular weight is 390 g/mol. The molecule has 1 aliphatic rings. The number of non-ortho nitro benzene ring substituents is 1. The van der Waals surface area contributed by atoms with Crippen molar-refractivity contribution in [1.29, 1.82) is 0 Å². The van der Waals surface area contributed by atoms with Gasteiger partial charge in [-0.05, 0) is 12.1 Å². The van der Waals surface area contributed by atoms with E-state index in [0.29, 0.717) is 5.56 Å². The van der Waals surface area contributed by atoms with Crippen LogP contribution < -0.4 is 4.74 Å². The minimum absolute atomic E-state index is 0.0302. The number of methoxy groups -OCH3 is 1. The Bertz CT molecular complexity index is 1090. The van der Waals surface area contributed by atoms with E-state index in [2.05, 4.69) is 9.50 Å². The van der Waals surface area contributed by atoms with Gasteiger partial charge in [-0.25, -0.2) is 5.01 Å². The predicted molar refractivity (Wildman–Crippen MR) is 96.8 cm³/mol.